The highest BCUT2D eigenvalue weighted by molar-refractivity contribution is 7.91. The second-order valence-electron chi connectivity index (χ2n) is 17.7. The summed E-state index contributed by atoms with van der Waals surface area (Å²) in [5.74, 6) is -11.7. The smallest absolute Gasteiger partial charge is 0.375 e. The lowest BCUT2D eigenvalue weighted by Crippen LogP contribution is -2.12. The number of carboxylic acid groups (broad SMARTS) is 12. The number of hydrogen-bond acceptors (Lipinski definition) is 29. The minimum atomic E-state index is -3.32. The number of ether oxygens (including phenoxy) is 3. The number of aryl methyl sites for hydroxylation is 4. The summed E-state index contributed by atoms with van der Waals surface area (Å²) in [7, 11) is 0.880. The van der Waals surface area contributed by atoms with Gasteiger partial charge in [0.2, 0.25) is 34.6 Å². The Labute approximate surface area is 603 Å². The van der Waals surface area contributed by atoms with Crippen molar-refractivity contribution in [3.63, 3.8) is 0 Å². The molecule has 582 valence electrons. The first-order valence-corrected chi connectivity index (χ1v) is 30.5. The number of aliphatic hydroxyl groups excluding tert-OH is 3. The molecule has 0 spiro atoms. The van der Waals surface area contributed by atoms with Crippen LogP contribution in [0, 0.1) is 43.4 Å². The molecule has 0 amide bonds. The van der Waals surface area contributed by atoms with E-state index in [1.807, 2.05) is 19.9 Å². The highest BCUT2D eigenvalue weighted by atomic mass is 35.5. The highest BCUT2D eigenvalue weighted by Gasteiger charge is 2.14. The molecule has 41 nitrogen and oxygen atoms in total. The maximum absolute atomic E-state index is 10.3. The van der Waals surface area contributed by atoms with E-state index >= 15 is 0 Å². The van der Waals surface area contributed by atoms with Crippen LogP contribution in [0.4, 0.5) is 0 Å². The molecule has 7 rings (SSSR count). The third kappa shape index (κ3) is 62.5. The van der Waals surface area contributed by atoms with E-state index in [2.05, 4.69) is 31.9 Å². The number of furan rings is 7. The summed E-state index contributed by atoms with van der Waals surface area (Å²) in [6.45, 7) is 6.33. The number of aliphatic hydroxyl groups is 3. The van der Waals surface area contributed by atoms with Gasteiger partial charge in [-0.15, -0.1) is 0 Å². The first kappa shape index (κ1) is 104. The SMILES string of the molecule is CCc1ccc(C(=O)O)o1.COCC(=O)O.COCCC(=O)O.COc1ccoc1C(=O)O.CS(=O)(=O)CC(=O)O.Cc1cc(C(=O)O)oc1C.Cc1ccc(C(=O)O)o1.N#CCC(=O)O.N#CCCCO.O=C(O)CO.O=C(O)c1cc(Cl)co1.O=C(O)c1ccc(CO)o1.O=C(O)c1ccc(Cl)o1. The van der Waals surface area contributed by atoms with Gasteiger partial charge < -0.3 is 122 Å². The molecule has 0 unspecified atom stereocenters. The van der Waals surface area contributed by atoms with E-state index in [0.29, 0.717) is 41.8 Å². The zero-order valence-corrected chi connectivity index (χ0v) is 58.7. The van der Waals surface area contributed by atoms with Gasteiger partial charge in [-0.25, -0.2) is 51.6 Å². The molecule has 0 bridgehead atoms. The van der Waals surface area contributed by atoms with E-state index in [0.717, 1.165) is 18.2 Å². The van der Waals surface area contributed by atoms with Gasteiger partial charge in [0.1, 0.15) is 61.3 Å². The van der Waals surface area contributed by atoms with Crippen LogP contribution < -0.4 is 4.74 Å². The summed E-state index contributed by atoms with van der Waals surface area (Å²) in [5.41, 5.74) is 0.873. The zero-order valence-electron chi connectivity index (χ0n) is 56.3. The van der Waals surface area contributed by atoms with Crippen molar-refractivity contribution in [2.24, 2.45) is 0 Å². The molecule has 0 aromatic carbocycles. The van der Waals surface area contributed by atoms with Gasteiger partial charge in [0, 0.05) is 52.1 Å². The van der Waals surface area contributed by atoms with Crippen LogP contribution in [0.3, 0.4) is 0 Å². The van der Waals surface area contributed by atoms with Crippen LogP contribution in [0.2, 0.25) is 10.2 Å². The number of aromatic carboxylic acids is 7. The second-order valence-corrected chi connectivity index (χ2v) is 20.6. The zero-order chi connectivity index (χ0) is 82.5. The van der Waals surface area contributed by atoms with Gasteiger partial charge >= 0.3 is 71.6 Å². The number of nitriles is 2. The molecule has 0 fully saturated rings. The number of carbonyl (C=O) groups is 12. The number of aliphatic carboxylic acids is 5. The number of unbranched alkanes of at least 4 members (excludes halogenated alkanes) is 1. The molecule has 0 aliphatic carbocycles. The Morgan fingerprint density at radius 1 is 0.524 bits per heavy atom. The van der Waals surface area contributed by atoms with Crippen molar-refractivity contribution < 1.29 is 188 Å². The Kier molecular flexibility index (Phi) is 60.8. The quantitative estimate of drug-likeness (QED) is 0.0311. The lowest BCUT2D eigenvalue weighted by molar-refractivity contribution is -0.141. The number of rotatable bonds is 21. The Hall–Kier alpha value is -12.3. The molecule has 0 atom stereocenters. The third-order valence-electron chi connectivity index (χ3n) is 9.17. The normalized spacial score (nSPS) is 9.13. The van der Waals surface area contributed by atoms with Crippen LogP contribution in [0.15, 0.2) is 110 Å². The minimum Gasteiger partial charge on any atom is -0.492 e. The Bertz CT molecular complexity index is 3730. The number of carboxylic acids is 12. The Morgan fingerprint density at radius 3 is 1.18 bits per heavy atom. The van der Waals surface area contributed by atoms with Gasteiger partial charge in [0.25, 0.3) is 5.76 Å². The molecule has 44 heteroatoms. The summed E-state index contributed by atoms with van der Waals surface area (Å²) < 4.78 is 66.2. The van der Waals surface area contributed by atoms with E-state index in [9.17, 15) is 61.2 Å². The van der Waals surface area contributed by atoms with Crippen LogP contribution in [0.5, 0.6) is 5.75 Å². The lowest BCUT2D eigenvalue weighted by Gasteiger charge is -1.93. The van der Waals surface area contributed by atoms with Crippen LogP contribution in [0.25, 0.3) is 0 Å². The van der Waals surface area contributed by atoms with Gasteiger partial charge in [-0.1, -0.05) is 18.5 Å². The molecule has 0 aliphatic rings. The molecule has 15 N–H and O–H groups in total. The fourth-order valence-electron chi connectivity index (χ4n) is 4.72. The first-order chi connectivity index (χ1) is 48.8. The molecule has 0 saturated heterocycles. The molecular formula is C61H74Cl2N2O39S. The van der Waals surface area contributed by atoms with Gasteiger partial charge in [0.05, 0.1) is 43.6 Å². The fourth-order valence-corrected chi connectivity index (χ4v) is 5.46. The Morgan fingerprint density at radius 2 is 1.00 bits per heavy atom. The van der Waals surface area contributed by atoms with Crippen molar-refractivity contribution in [3.8, 4) is 17.9 Å². The third-order valence-corrected chi connectivity index (χ3v) is 10.3. The van der Waals surface area contributed by atoms with E-state index in [4.69, 9.17) is 128 Å². The summed E-state index contributed by atoms with van der Waals surface area (Å²) in [5, 5.41) is 137. The summed E-state index contributed by atoms with van der Waals surface area (Å²) >= 11 is 10.6. The highest BCUT2D eigenvalue weighted by Crippen LogP contribution is 2.19. The van der Waals surface area contributed by atoms with Gasteiger partial charge in [-0.05, 0) is 99.0 Å². The summed E-state index contributed by atoms with van der Waals surface area (Å²) in [6, 6.07) is 19.1. The van der Waals surface area contributed by atoms with E-state index in [-0.39, 0.29) is 83.3 Å². The predicted octanol–water partition coefficient (Wildman–Crippen LogP) is 7.41. The number of sulfone groups is 1. The van der Waals surface area contributed by atoms with Crippen LogP contribution in [0.1, 0.15) is 135 Å². The second kappa shape index (κ2) is 61.6. The van der Waals surface area contributed by atoms with Crippen molar-refractivity contribution in [1.29, 1.82) is 10.5 Å². The monoisotopic (exact) mass is 1560 g/mol. The topological polar surface area (TPSA) is 710 Å². The van der Waals surface area contributed by atoms with E-state index in [1.165, 1.54) is 94.5 Å². The van der Waals surface area contributed by atoms with E-state index < -0.39 is 100 Å². The van der Waals surface area contributed by atoms with Crippen molar-refractivity contribution in [1.82, 2.24) is 0 Å². The van der Waals surface area contributed by atoms with Gasteiger partial charge in [0.15, 0.2) is 20.8 Å². The molecule has 7 heterocycles. The van der Waals surface area contributed by atoms with Gasteiger partial charge in [-0.2, -0.15) is 10.5 Å². The molecule has 0 aliphatic heterocycles. The summed E-state index contributed by atoms with van der Waals surface area (Å²) in [6.07, 6.45) is 4.81. The molecule has 7 aromatic heterocycles. The number of nitrogens with zero attached hydrogens (tertiary/aromatic N) is 2. The number of hydrogen-bond donors (Lipinski definition) is 15. The molecular weight excluding hydrogens is 1490 g/mol. The maximum atomic E-state index is 10.3. The Balaban J connectivity index is -0.000000254. The largest absolute Gasteiger partial charge is 0.492 e. The molecule has 7 aromatic rings. The standard InChI is InChI=1S/2C7H8O3.2C6H6O4.C6H6O3.2C5H3ClO3.C4H7NO.C4H8O3.C3H3NO2.C3H6O4S.C3H6O3.C2H4O3/c1-4-3-6(7(8)9)10-5(4)2;1-2-5-3-4-6(10-5)7(8)9;1-9-4-2-3-10-5(4)6(7)8;7-3-4-1-2-5(10-4)6(8)9;1-4-2-3-5(9-4)6(7)8;6-3-1-4(5(7)8)9-2-3;6-4-2-1-3(9-4)5(7)8;5-3-1-2-4-6;1-7-3-2-4(5)6;4-2-1-3(5)6;1-8(6,7)2-3(4)5;1-6-2-3(4)5;3-1-2(4)5/h3H,1-2H3,(H,8,9);3-4H,2H2,1H3,(H,8,9);2-3H,1H3,(H,7,8);1-2,7H,3H2,(H,8,9);2-3H,1H3,(H,7,8);2*1-2H,(H,7,8);6H,1-2,4H2;2-3H2,1H3,(H,5,6);1H2,(H,5,6);2H2,1H3,(H,4,5);2H2,1H3,(H,4,5);3H,1H2,(H,4,5). The van der Waals surface area contributed by atoms with Crippen LogP contribution >= 0.6 is 23.2 Å². The van der Waals surface area contributed by atoms with Crippen LogP contribution in [-0.2, 0) is 56.3 Å². The van der Waals surface area contributed by atoms with E-state index in [1.54, 1.807) is 26.0 Å². The van der Waals surface area contributed by atoms with Crippen molar-refractivity contribution in [3.05, 3.63) is 158 Å². The lowest BCUT2D eigenvalue weighted by atomic mass is 10.3. The minimum absolute atomic E-state index is 0.00694. The molecule has 0 saturated carbocycles. The predicted molar refractivity (Wildman–Crippen MR) is 351 cm³/mol. The maximum Gasteiger partial charge on any atom is 0.375 e. The number of methoxy groups -OCH3 is 3. The summed E-state index contributed by atoms with van der Waals surface area (Å²) in [4.78, 5) is 118. The average molecular weight is 1560 g/mol. The van der Waals surface area contributed by atoms with Crippen molar-refractivity contribution >= 4 is 105 Å². The van der Waals surface area contributed by atoms with Crippen LogP contribution in [-0.4, -0.2) is 216 Å². The van der Waals surface area contributed by atoms with Crippen molar-refractivity contribution in [2.75, 3.05) is 59.8 Å². The molecule has 105 heavy (non-hydrogen) atoms. The average Bonchev–Trinajstić information content (AvgIpc) is 1.75. The van der Waals surface area contributed by atoms with Crippen molar-refractivity contribution in [2.45, 2.75) is 66.4 Å². The molecule has 0 radical (unpaired) electrons. The first-order valence-electron chi connectivity index (χ1n) is 27.7. The fraction of sp³-hybridized carbons (Fsp3) is 0.311. The van der Waals surface area contributed by atoms with Gasteiger partial charge in [-0.3, -0.25) is 14.4 Å². The number of halogens is 2.